The molecule has 0 atom stereocenters. The van der Waals surface area contributed by atoms with Crippen LogP contribution in [-0.2, 0) is 17.8 Å². The summed E-state index contributed by atoms with van der Waals surface area (Å²) in [7, 11) is 0. The fourth-order valence-corrected chi connectivity index (χ4v) is 3.09. The summed E-state index contributed by atoms with van der Waals surface area (Å²) in [6, 6.07) is 10.1. The molecule has 6 nitrogen and oxygen atoms in total. The first-order chi connectivity index (χ1) is 11.9. The zero-order valence-corrected chi connectivity index (χ0v) is 14.8. The molecule has 134 valence electrons. The van der Waals surface area contributed by atoms with Gasteiger partial charge < -0.3 is 24.4 Å². The first-order valence-electron chi connectivity index (χ1n) is 8.26. The van der Waals surface area contributed by atoms with Crippen molar-refractivity contribution in [1.29, 1.82) is 0 Å². The number of nitrogens with zero attached hydrogens (tertiary/aromatic N) is 2. The van der Waals surface area contributed by atoms with Gasteiger partial charge in [-0.3, -0.25) is 0 Å². The quantitative estimate of drug-likeness (QED) is 0.880. The molecule has 0 bridgehead atoms. The largest absolute Gasteiger partial charge is 0.454 e. The van der Waals surface area contributed by atoms with E-state index in [-0.39, 0.29) is 12.4 Å². The van der Waals surface area contributed by atoms with Gasteiger partial charge in [-0.2, -0.15) is 0 Å². The summed E-state index contributed by atoms with van der Waals surface area (Å²) in [6.07, 6.45) is 1.85. The van der Waals surface area contributed by atoms with Crippen LogP contribution in [0.15, 0.2) is 36.5 Å². The molecule has 25 heavy (non-hydrogen) atoms. The Morgan fingerprint density at radius 1 is 1.00 bits per heavy atom. The Kier molecular flexibility index (Phi) is 5.96. The molecule has 7 heteroatoms. The maximum atomic E-state index is 5.55. The number of morpholine rings is 1. The molecule has 0 saturated carbocycles. The second kappa shape index (κ2) is 8.38. The highest BCUT2D eigenvalue weighted by Crippen LogP contribution is 2.35. The van der Waals surface area contributed by atoms with E-state index in [1.165, 1.54) is 5.56 Å². The molecule has 2 aromatic rings. The molecule has 3 heterocycles. The van der Waals surface area contributed by atoms with Crippen LogP contribution in [0.4, 0.5) is 5.82 Å². The average molecular weight is 364 g/mol. The normalized spacial score (nSPS) is 15.8. The molecule has 0 unspecified atom stereocenters. The molecule has 0 spiro atoms. The van der Waals surface area contributed by atoms with Gasteiger partial charge in [0.05, 0.1) is 13.2 Å². The number of aromatic nitrogens is 1. The van der Waals surface area contributed by atoms with Crippen LogP contribution >= 0.6 is 12.4 Å². The van der Waals surface area contributed by atoms with Crippen LogP contribution in [0.3, 0.4) is 0 Å². The van der Waals surface area contributed by atoms with Crippen LogP contribution in [0.1, 0.15) is 11.1 Å². The fourth-order valence-electron chi connectivity index (χ4n) is 3.09. The lowest BCUT2D eigenvalue weighted by Gasteiger charge is -2.29. The van der Waals surface area contributed by atoms with Crippen LogP contribution in [0.5, 0.6) is 11.5 Å². The van der Waals surface area contributed by atoms with E-state index >= 15 is 0 Å². The minimum atomic E-state index is 0. The summed E-state index contributed by atoms with van der Waals surface area (Å²) < 4.78 is 16.4. The number of rotatable bonds is 5. The van der Waals surface area contributed by atoms with Crippen molar-refractivity contribution in [1.82, 2.24) is 10.3 Å². The first-order valence-corrected chi connectivity index (χ1v) is 8.26. The summed E-state index contributed by atoms with van der Waals surface area (Å²) >= 11 is 0. The lowest BCUT2D eigenvalue weighted by Crippen LogP contribution is -2.37. The summed E-state index contributed by atoms with van der Waals surface area (Å²) in [5, 5.41) is 3.49. The van der Waals surface area contributed by atoms with Crippen molar-refractivity contribution in [3.05, 3.63) is 47.7 Å². The Morgan fingerprint density at radius 2 is 1.80 bits per heavy atom. The van der Waals surface area contributed by atoms with Gasteiger partial charge in [0.15, 0.2) is 11.5 Å². The second-order valence-corrected chi connectivity index (χ2v) is 5.84. The number of nitrogens with one attached hydrogen (secondary N) is 1. The number of pyridine rings is 1. The van der Waals surface area contributed by atoms with Gasteiger partial charge in [0.25, 0.3) is 0 Å². The molecule has 2 aliphatic heterocycles. The Hall–Kier alpha value is -2.02. The van der Waals surface area contributed by atoms with Gasteiger partial charge in [-0.25, -0.2) is 4.98 Å². The Bertz CT molecular complexity index is 708. The molecular weight excluding hydrogens is 342 g/mol. The van der Waals surface area contributed by atoms with Gasteiger partial charge in [0.2, 0.25) is 6.79 Å². The van der Waals surface area contributed by atoms with Gasteiger partial charge in [-0.15, -0.1) is 12.4 Å². The van der Waals surface area contributed by atoms with Crippen LogP contribution in [0.25, 0.3) is 0 Å². The Balaban J connectivity index is 0.00000182. The third-order valence-electron chi connectivity index (χ3n) is 4.29. The van der Waals surface area contributed by atoms with Gasteiger partial charge in [0, 0.05) is 43.5 Å². The number of hydrogen-bond acceptors (Lipinski definition) is 6. The van der Waals surface area contributed by atoms with E-state index < -0.39 is 0 Å². The summed E-state index contributed by atoms with van der Waals surface area (Å²) in [5.74, 6) is 2.72. The highest BCUT2D eigenvalue weighted by Gasteiger charge is 2.18. The lowest BCUT2D eigenvalue weighted by atomic mass is 10.1. The van der Waals surface area contributed by atoms with Crippen molar-refractivity contribution in [2.45, 2.75) is 13.1 Å². The smallest absolute Gasteiger partial charge is 0.231 e. The van der Waals surface area contributed by atoms with E-state index in [0.29, 0.717) is 6.79 Å². The zero-order chi connectivity index (χ0) is 16.2. The van der Waals surface area contributed by atoms with Crippen molar-refractivity contribution < 1.29 is 14.2 Å². The minimum absolute atomic E-state index is 0. The average Bonchev–Trinajstić information content (AvgIpc) is 3.12. The summed E-state index contributed by atoms with van der Waals surface area (Å²) in [4.78, 5) is 6.86. The van der Waals surface area contributed by atoms with Crippen LogP contribution in [0, 0.1) is 0 Å². The topological polar surface area (TPSA) is 55.9 Å². The van der Waals surface area contributed by atoms with E-state index in [2.05, 4.69) is 27.3 Å². The first kappa shape index (κ1) is 17.8. The molecule has 1 fully saturated rings. The van der Waals surface area contributed by atoms with E-state index in [1.54, 1.807) is 0 Å². The summed E-state index contributed by atoms with van der Waals surface area (Å²) in [6.45, 7) is 5.09. The molecular formula is C18H22ClN3O3. The molecule has 0 amide bonds. The number of hydrogen-bond donors (Lipinski definition) is 1. The number of ether oxygens (including phenoxy) is 3. The number of fused-ring (bicyclic) bond motifs is 1. The molecule has 2 aliphatic rings. The Morgan fingerprint density at radius 3 is 2.68 bits per heavy atom. The van der Waals surface area contributed by atoms with Gasteiger partial charge in [-0.1, -0.05) is 18.2 Å². The number of benzene rings is 1. The van der Waals surface area contributed by atoms with Crippen molar-refractivity contribution in [3.8, 4) is 11.5 Å². The predicted octanol–water partition coefficient (Wildman–Crippen LogP) is 2.36. The van der Waals surface area contributed by atoms with E-state index in [9.17, 15) is 0 Å². The summed E-state index contributed by atoms with van der Waals surface area (Å²) in [5.41, 5.74) is 2.31. The molecule has 1 N–H and O–H groups in total. The maximum absolute atomic E-state index is 5.55. The van der Waals surface area contributed by atoms with E-state index in [4.69, 9.17) is 14.2 Å². The minimum Gasteiger partial charge on any atom is -0.454 e. The van der Waals surface area contributed by atoms with E-state index in [1.807, 2.05) is 24.4 Å². The SMILES string of the molecule is Cl.c1cnc(N2CCOCC2)c(CNCc2cccc3c2OCO3)c1. The third-order valence-corrected chi connectivity index (χ3v) is 4.29. The van der Waals surface area contributed by atoms with Gasteiger partial charge in [-0.05, 0) is 12.1 Å². The molecule has 0 radical (unpaired) electrons. The number of halogens is 1. The second-order valence-electron chi connectivity index (χ2n) is 5.84. The maximum Gasteiger partial charge on any atom is 0.231 e. The van der Waals surface area contributed by atoms with Crippen molar-refractivity contribution in [3.63, 3.8) is 0 Å². The lowest BCUT2D eigenvalue weighted by molar-refractivity contribution is 0.122. The molecule has 4 rings (SSSR count). The predicted molar refractivity (Wildman–Crippen MR) is 97.6 cm³/mol. The zero-order valence-electron chi connectivity index (χ0n) is 13.9. The fraction of sp³-hybridized carbons (Fsp3) is 0.389. The molecule has 0 aliphatic carbocycles. The van der Waals surface area contributed by atoms with Crippen molar-refractivity contribution >= 4 is 18.2 Å². The van der Waals surface area contributed by atoms with Crippen LogP contribution in [0.2, 0.25) is 0 Å². The highest BCUT2D eigenvalue weighted by atomic mass is 35.5. The van der Waals surface area contributed by atoms with Crippen LogP contribution < -0.4 is 19.7 Å². The van der Waals surface area contributed by atoms with Gasteiger partial charge in [0.1, 0.15) is 5.82 Å². The standard InChI is InChI=1S/C18H21N3O3.ClH/c1-3-14(17-16(5-1)23-13-24-17)11-19-12-15-4-2-6-20-18(15)21-7-9-22-10-8-21;/h1-6,19H,7-13H2;1H. The van der Waals surface area contributed by atoms with Crippen molar-refractivity contribution in [2.75, 3.05) is 38.0 Å². The number of anilines is 1. The third kappa shape index (κ3) is 3.98. The van der Waals surface area contributed by atoms with Crippen molar-refractivity contribution in [2.24, 2.45) is 0 Å². The number of para-hydroxylation sites is 1. The molecule has 1 aromatic heterocycles. The Labute approximate surface area is 153 Å². The monoisotopic (exact) mass is 363 g/mol. The molecule has 1 aromatic carbocycles. The molecule has 1 saturated heterocycles. The van der Waals surface area contributed by atoms with Gasteiger partial charge >= 0.3 is 0 Å². The van der Waals surface area contributed by atoms with E-state index in [0.717, 1.165) is 62.3 Å². The van der Waals surface area contributed by atoms with Crippen LogP contribution in [-0.4, -0.2) is 38.1 Å². The highest BCUT2D eigenvalue weighted by molar-refractivity contribution is 5.85.